The molecule has 1 saturated carbocycles. The first kappa shape index (κ1) is 17.3. The van der Waals surface area contributed by atoms with E-state index in [2.05, 4.69) is 10.8 Å². The third-order valence-corrected chi connectivity index (χ3v) is 5.06. The lowest BCUT2D eigenvalue weighted by atomic mass is 9.93. The Balaban J connectivity index is 1.84. The molecule has 132 valence electrons. The van der Waals surface area contributed by atoms with Crippen LogP contribution in [0.1, 0.15) is 49.1 Å². The fraction of sp³-hybridized carbons (Fsp3) is 0.381. The Hall–Kier alpha value is -2.49. The van der Waals surface area contributed by atoms with E-state index in [0.717, 1.165) is 11.1 Å². The number of esters is 1. The van der Waals surface area contributed by atoms with E-state index in [4.69, 9.17) is 0 Å². The minimum absolute atomic E-state index is 0.148. The Labute approximate surface area is 148 Å². The molecule has 1 aliphatic carbocycles. The number of hydrogen-bond acceptors (Lipinski definition) is 4. The van der Waals surface area contributed by atoms with E-state index in [9.17, 15) is 15.0 Å². The fourth-order valence-electron chi connectivity index (χ4n) is 3.60. The van der Waals surface area contributed by atoms with E-state index in [1.165, 1.54) is 38.4 Å². The van der Waals surface area contributed by atoms with Gasteiger partial charge in [-0.25, -0.2) is 0 Å². The van der Waals surface area contributed by atoms with Crippen LogP contribution in [0.4, 0.5) is 0 Å². The molecule has 0 saturated heterocycles. The van der Waals surface area contributed by atoms with Gasteiger partial charge >= 0.3 is 5.97 Å². The zero-order chi connectivity index (χ0) is 17.8. The topological polar surface area (TPSA) is 66.8 Å². The third kappa shape index (κ3) is 3.95. The third-order valence-electron chi connectivity index (χ3n) is 5.06. The minimum atomic E-state index is -0.312. The summed E-state index contributed by atoms with van der Waals surface area (Å²) in [6.45, 7) is 0. The number of phenolic OH excluding ortho intramolecular Hbond substituents is 2. The van der Waals surface area contributed by atoms with Crippen molar-refractivity contribution in [3.63, 3.8) is 0 Å². The summed E-state index contributed by atoms with van der Waals surface area (Å²) in [7, 11) is 1.35. The van der Waals surface area contributed by atoms with Crippen LogP contribution in [0.3, 0.4) is 0 Å². The Bertz CT molecular complexity index is 760. The number of benzene rings is 2. The molecule has 0 atom stereocenters. The molecule has 0 spiro atoms. The number of hydrogen-bond donors (Lipinski definition) is 2. The van der Waals surface area contributed by atoms with Crippen LogP contribution < -0.4 is 0 Å². The maximum atomic E-state index is 11.3. The number of phenols is 2. The van der Waals surface area contributed by atoms with Crippen LogP contribution in [0.25, 0.3) is 11.1 Å². The monoisotopic (exact) mass is 340 g/mol. The normalized spacial score (nSPS) is 14.6. The van der Waals surface area contributed by atoms with Gasteiger partial charge in [-0.1, -0.05) is 31.0 Å². The molecule has 0 amide bonds. The highest BCUT2D eigenvalue weighted by atomic mass is 16.5. The van der Waals surface area contributed by atoms with Gasteiger partial charge < -0.3 is 14.9 Å². The summed E-state index contributed by atoms with van der Waals surface area (Å²) in [4.78, 5) is 11.3. The van der Waals surface area contributed by atoms with Gasteiger partial charge in [0.2, 0.25) is 0 Å². The molecule has 0 bridgehead atoms. The molecule has 2 aromatic rings. The summed E-state index contributed by atoms with van der Waals surface area (Å²) in [5, 5.41) is 20.5. The van der Waals surface area contributed by atoms with Crippen molar-refractivity contribution in [1.29, 1.82) is 0 Å². The molecular weight excluding hydrogens is 316 g/mol. The molecule has 0 aliphatic heterocycles. The van der Waals surface area contributed by atoms with Crippen molar-refractivity contribution in [3.8, 4) is 22.6 Å². The van der Waals surface area contributed by atoms with E-state index >= 15 is 0 Å². The van der Waals surface area contributed by atoms with Crippen molar-refractivity contribution in [3.05, 3.63) is 47.5 Å². The van der Waals surface area contributed by atoms with Crippen molar-refractivity contribution in [2.24, 2.45) is 0 Å². The van der Waals surface area contributed by atoms with Gasteiger partial charge in [0.1, 0.15) is 11.5 Å². The number of aryl methyl sites for hydroxylation is 1. The van der Waals surface area contributed by atoms with Gasteiger partial charge in [-0.05, 0) is 60.1 Å². The number of ether oxygens (including phenoxy) is 1. The van der Waals surface area contributed by atoms with Crippen LogP contribution in [-0.2, 0) is 16.0 Å². The first-order valence-electron chi connectivity index (χ1n) is 8.80. The summed E-state index contributed by atoms with van der Waals surface area (Å²) in [6, 6.07) is 11.1. The zero-order valence-electron chi connectivity index (χ0n) is 14.5. The van der Waals surface area contributed by atoms with E-state index in [0.29, 0.717) is 17.9 Å². The van der Waals surface area contributed by atoms with E-state index in [1.54, 1.807) is 12.1 Å². The second-order valence-corrected chi connectivity index (χ2v) is 6.68. The summed E-state index contributed by atoms with van der Waals surface area (Å²) in [5.41, 5.74) is 3.43. The lowest BCUT2D eigenvalue weighted by Gasteiger charge is -2.13. The Morgan fingerprint density at radius 1 is 1.08 bits per heavy atom. The standard InChI is InChI=1S/C21H24O4/c1-25-21(24)11-8-17-12-16(7-10-19(17)22)18-9-6-15(13-20(18)23)14-4-2-3-5-14/h6-7,9-10,12-14,22-23H,2-5,8,11H2,1H3. The highest BCUT2D eigenvalue weighted by Gasteiger charge is 2.18. The fourth-order valence-corrected chi connectivity index (χ4v) is 3.60. The maximum absolute atomic E-state index is 11.3. The quantitative estimate of drug-likeness (QED) is 0.785. The van der Waals surface area contributed by atoms with Crippen molar-refractivity contribution in [2.45, 2.75) is 44.4 Å². The zero-order valence-corrected chi connectivity index (χ0v) is 14.5. The molecule has 1 fully saturated rings. The van der Waals surface area contributed by atoms with Crippen LogP contribution in [-0.4, -0.2) is 23.3 Å². The first-order valence-corrected chi connectivity index (χ1v) is 8.80. The second kappa shape index (κ2) is 7.60. The average Bonchev–Trinajstić information content (AvgIpc) is 3.15. The molecule has 0 radical (unpaired) electrons. The van der Waals surface area contributed by atoms with E-state index in [-0.39, 0.29) is 23.9 Å². The Morgan fingerprint density at radius 2 is 1.84 bits per heavy atom. The Kier molecular flexibility index (Phi) is 5.27. The highest BCUT2D eigenvalue weighted by Crippen LogP contribution is 2.39. The molecule has 0 aromatic heterocycles. The van der Waals surface area contributed by atoms with E-state index in [1.807, 2.05) is 18.2 Å². The predicted molar refractivity (Wildman–Crippen MR) is 96.8 cm³/mol. The number of aromatic hydroxyl groups is 2. The van der Waals surface area contributed by atoms with Gasteiger partial charge in [0.15, 0.2) is 0 Å². The van der Waals surface area contributed by atoms with Crippen molar-refractivity contribution < 1.29 is 19.7 Å². The number of carbonyl (C=O) groups is 1. The van der Waals surface area contributed by atoms with Gasteiger partial charge in [-0.3, -0.25) is 4.79 Å². The smallest absolute Gasteiger partial charge is 0.305 e. The van der Waals surface area contributed by atoms with Crippen LogP contribution in [0.15, 0.2) is 36.4 Å². The molecule has 4 nitrogen and oxygen atoms in total. The molecule has 2 N–H and O–H groups in total. The lowest BCUT2D eigenvalue weighted by Crippen LogP contribution is -2.02. The molecule has 25 heavy (non-hydrogen) atoms. The molecule has 4 heteroatoms. The predicted octanol–water partition coefficient (Wildman–Crippen LogP) is 4.53. The largest absolute Gasteiger partial charge is 0.508 e. The summed E-state index contributed by atoms with van der Waals surface area (Å²) < 4.78 is 4.65. The summed E-state index contributed by atoms with van der Waals surface area (Å²) in [5.74, 6) is 0.646. The number of carbonyl (C=O) groups excluding carboxylic acids is 1. The van der Waals surface area contributed by atoms with Crippen LogP contribution >= 0.6 is 0 Å². The first-order chi connectivity index (χ1) is 12.1. The molecule has 3 rings (SSSR count). The van der Waals surface area contributed by atoms with Crippen molar-refractivity contribution in [1.82, 2.24) is 0 Å². The van der Waals surface area contributed by atoms with Crippen LogP contribution in [0, 0.1) is 0 Å². The van der Waals surface area contributed by atoms with Crippen molar-refractivity contribution >= 4 is 5.97 Å². The van der Waals surface area contributed by atoms with Crippen LogP contribution in [0.5, 0.6) is 11.5 Å². The minimum Gasteiger partial charge on any atom is -0.508 e. The SMILES string of the molecule is COC(=O)CCc1cc(-c2ccc(C3CCCC3)cc2O)ccc1O. The lowest BCUT2D eigenvalue weighted by molar-refractivity contribution is -0.140. The van der Waals surface area contributed by atoms with E-state index < -0.39 is 0 Å². The van der Waals surface area contributed by atoms with Gasteiger partial charge in [0.05, 0.1) is 7.11 Å². The molecule has 2 aromatic carbocycles. The molecule has 1 aliphatic rings. The average molecular weight is 340 g/mol. The molecule has 0 unspecified atom stereocenters. The number of rotatable bonds is 5. The van der Waals surface area contributed by atoms with Crippen LogP contribution in [0.2, 0.25) is 0 Å². The van der Waals surface area contributed by atoms with Gasteiger partial charge in [0, 0.05) is 12.0 Å². The maximum Gasteiger partial charge on any atom is 0.305 e. The second-order valence-electron chi connectivity index (χ2n) is 6.68. The highest BCUT2D eigenvalue weighted by molar-refractivity contribution is 5.73. The molecular formula is C21H24O4. The van der Waals surface area contributed by atoms with Crippen molar-refractivity contribution in [2.75, 3.05) is 7.11 Å². The van der Waals surface area contributed by atoms with Gasteiger partial charge in [-0.2, -0.15) is 0 Å². The Morgan fingerprint density at radius 3 is 2.52 bits per heavy atom. The molecule has 0 heterocycles. The summed E-state index contributed by atoms with van der Waals surface area (Å²) >= 11 is 0. The summed E-state index contributed by atoms with van der Waals surface area (Å²) in [6.07, 6.45) is 5.50. The van der Waals surface area contributed by atoms with Gasteiger partial charge in [0.25, 0.3) is 0 Å². The van der Waals surface area contributed by atoms with Gasteiger partial charge in [-0.15, -0.1) is 0 Å². The number of methoxy groups -OCH3 is 1.